The van der Waals surface area contributed by atoms with Crippen LogP contribution in [-0.2, 0) is 0 Å². The van der Waals surface area contributed by atoms with Gasteiger partial charge in [-0.05, 0) is 54.2 Å². The lowest BCUT2D eigenvalue weighted by Gasteiger charge is -2.43. The van der Waals surface area contributed by atoms with E-state index in [1.807, 2.05) is 12.1 Å². The highest BCUT2D eigenvalue weighted by molar-refractivity contribution is 5.50. The quantitative estimate of drug-likeness (QED) is 0.870. The minimum atomic E-state index is -0.441. The Bertz CT molecular complexity index is 582. The van der Waals surface area contributed by atoms with Gasteiger partial charge in [0.2, 0.25) is 0 Å². The molecule has 1 N–H and O–H groups in total. The number of benzene rings is 1. The van der Waals surface area contributed by atoms with Crippen molar-refractivity contribution in [1.82, 2.24) is 0 Å². The van der Waals surface area contributed by atoms with Gasteiger partial charge < -0.3 is 5.32 Å². The van der Waals surface area contributed by atoms with Crippen LogP contribution in [0.1, 0.15) is 45.6 Å². The molecule has 3 atom stereocenters. The summed E-state index contributed by atoms with van der Waals surface area (Å²) in [5.74, 6) is 0.317. The number of nitrogens with zero attached hydrogens (tertiary/aromatic N) is 1. The van der Waals surface area contributed by atoms with E-state index >= 15 is 0 Å². The summed E-state index contributed by atoms with van der Waals surface area (Å²) in [7, 11) is 0. The molecule has 0 amide bonds. The molecule has 2 nitrogen and oxygen atoms in total. The molecule has 0 radical (unpaired) electrons. The first kappa shape index (κ1) is 13.4. The fraction of sp³-hybridized carbons (Fsp3) is 0.588. The lowest BCUT2D eigenvalue weighted by Crippen LogP contribution is -2.45. The molecule has 2 bridgehead atoms. The first-order valence-electron chi connectivity index (χ1n) is 7.33. The number of hydrogen-bond acceptors (Lipinski definition) is 2. The minimum Gasteiger partial charge on any atom is -0.381 e. The molecule has 2 fully saturated rings. The summed E-state index contributed by atoms with van der Waals surface area (Å²) in [6.45, 7) is 6.99. The Morgan fingerprint density at radius 2 is 2.10 bits per heavy atom. The lowest BCUT2D eigenvalue weighted by atomic mass is 9.68. The van der Waals surface area contributed by atoms with E-state index in [9.17, 15) is 4.39 Å². The molecule has 0 heterocycles. The Hall–Kier alpha value is -1.56. The first-order chi connectivity index (χ1) is 9.37. The van der Waals surface area contributed by atoms with Gasteiger partial charge in [0.1, 0.15) is 11.9 Å². The molecular formula is C17H21FN2. The highest BCUT2D eigenvalue weighted by Gasteiger charge is 2.59. The van der Waals surface area contributed by atoms with Gasteiger partial charge in [0.15, 0.2) is 0 Å². The molecule has 106 valence electrons. The molecule has 1 aromatic carbocycles. The van der Waals surface area contributed by atoms with Gasteiger partial charge in [-0.15, -0.1) is 0 Å². The van der Waals surface area contributed by atoms with Gasteiger partial charge in [-0.3, -0.25) is 0 Å². The molecule has 3 heteroatoms. The zero-order chi connectivity index (χ0) is 14.5. The fourth-order valence-electron chi connectivity index (χ4n) is 4.52. The standard InChI is InChI=1S/C17H21FN2/c1-16(2)12-6-7-17(3,9-12)15(16)20-13-5-4-11(10-19)14(18)8-13/h4-5,8,12,15,20H,6-7,9H2,1-3H3. The summed E-state index contributed by atoms with van der Waals surface area (Å²) in [6, 6.07) is 7.04. The van der Waals surface area contributed by atoms with Crippen LogP contribution in [-0.4, -0.2) is 6.04 Å². The Balaban J connectivity index is 1.88. The van der Waals surface area contributed by atoms with Crippen LogP contribution >= 0.6 is 0 Å². The van der Waals surface area contributed by atoms with Crippen LogP contribution in [0.2, 0.25) is 0 Å². The van der Waals surface area contributed by atoms with Crippen molar-refractivity contribution in [2.75, 3.05) is 5.32 Å². The Kier molecular flexibility index (Phi) is 2.83. The summed E-state index contributed by atoms with van der Waals surface area (Å²) in [5, 5.41) is 12.3. The van der Waals surface area contributed by atoms with E-state index in [2.05, 4.69) is 26.1 Å². The Morgan fingerprint density at radius 3 is 2.65 bits per heavy atom. The van der Waals surface area contributed by atoms with Gasteiger partial charge in [0.05, 0.1) is 5.56 Å². The van der Waals surface area contributed by atoms with Gasteiger partial charge in [-0.2, -0.15) is 5.26 Å². The molecule has 3 unspecified atom stereocenters. The van der Waals surface area contributed by atoms with Crippen molar-refractivity contribution in [3.8, 4) is 6.07 Å². The number of halogens is 1. The smallest absolute Gasteiger partial charge is 0.143 e. The highest BCUT2D eigenvalue weighted by atomic mass is 19.1. The maximum absolute atomic E-state index is 13.7. The third-order valence-electron chi connectivity index (χ3n) is 5.67. The monoisotopic (exact) mass is 272 g/mol. The molecule has 2 aliphatic carbocycles. The van der Waals surface area contributed by atoms with Gasteiger partial charge in [0.25, 0.3) is 0 Å². The summed E-state index contributed by atoms with van der Waals surface area (Å²) < 4.78 is 13.7. The number of rotatable bonds is 2. The van der Waals surface area contributed by atoms with Gasteiger partial charge in [-0.1, -0.05) is 20.8 Å². The van der Waals surface area contributed by atoms with Gasteiger partial charge >= 0.3 is 0 Å². The van der Waals surface area contributed by atoms with Crippen molar-refractivity contribution in [3.63, 3.8) is 0 Å². The largest absolute Gasteiger partial charge is 0.381 e. The maximum Gasteiger partial charge on any atom is 0.143 e. The van der Waals surface area contributed by atoms with E-state index < -0.39 is 5.82 Å². The minimum absolute atomic E-state index is 0.106. The number of nitrogens with one attached hydrogen (secondary N) is 1. The maximum atomic E-state index is 13.7. The molecule has 3 rings (SSSR count). The van der Waals surface area contributed by atoms with Crippen molar-refractivity contribution >= 4 is 5.69 Å². The highest BCUT2D eigenvalue weighted by Crippen LogP contribution is 2.63. The van der Waals surface area contributed by atoms with Crippen LogP contribution in [0, 0.1) is 33.9 Å². The predicted molar refractivity (Wildman–Crippen MR) is 77.8 cm³/mol. The SMILES string of the molecule is CC12CCC(C1)C(C)(C)C2Nc1ccc(C#N)c(F)c1. The Morgan fingerprint density at radius 1 is 1.35 bits per heavy atom. The summed E-state index contributed by atoms with van der Waals surface area (Å²) in [6.07, 6.45) is 3.82. The lowest BCUT2D eigenvalue weighted by molar-refractivity contribution is 0.155. The summed E-state index contributed by atoms with van der Waals surface area (Å²) in [5.41, 5.74) is 1.43. The molecule has 0 aromatic heterocycles. The van der Waals surface area contributed by atoms with Crippen LogP contribution in [0.5, 0.6) is 0 Å². The normalized spacial score (nSPS) is 34.0. The molecule has 20 heavy (non-hydrogen) atoms. The van der Waals surface area contributed by atoms with Crippen LogP contribution in [0.4, 0.5) is 10.1 Å². The number of fused-ring (bicyclic) bond motifs is 2. The second-order valence-electron chi connectivity index (χ2n) is 7.30. The van der Waals surface area contributed by atoms with E-state index in [1.54, 1.807) is 6.07 Å². The molecular weight excluding hydrogens is 251 g/mol. The third-order valence-corrected chi connectivity index (χ3v) is 5.67. The van der Waals surface area contributed by atoms with E-state index in [1.165, 1.54) is 25.3 Å². The fourth-order valence-corrected chi connectivity index (χ4v) is 4.52. The summed E-state index contributed by atoms with van der Waals surface area (Å²) in [4.78, 5) is 0. The van der Waals surface area contributed by atoms with E-state index in [0.29, 0.717) is 11.5 Å². The summed E-state index contributed by atoms with van der Waals surface area (Å²) >= 11 is 0. The Labute approximate surface area is 120 Å². The van der Waals surface area contributed by atoms with Crippen molar-refractivity contribution < 1.29 is 4.39 Å². The second-order valence-corrected chi connectivity index (χ2v) is 7.30. The molecule has 2 aliphatic rings. The average molecular weight is 272 g/mol. The van der Waals surface area contributed by atoms with Crippen LogP contribution in [0.15, 0.2) is 18.2 Å². The number of anilines is 1. The first-order valence-corrected chi connectivity index (χ1v) is 7.33. The zero-order valence-corrected chi connectivity index (χ0v) is 12.3. The third kappa shape index (κ3) is 1.82. The number of hydrogen-bond donors (Lipinski definition) is 1. The average Bonchev–Trinajstić information content (AvgIpc) is 2.86. The molecule has 0 spiro atoms. The molecule has 1 aromatic rings. The van der Waals surface area contributed by atoms with Crippen molar-refractivity contribution in [2.24, 2.45) is 16.7 Å². The molecule has 0 saturated heterocycles. The van der Waals surface area contributed by atoms with E-state index in [0.717, 1.165) is 11.6 Å². The van der Waals surface area contributed by atoms with E-state index in [-0.39, 0.29) is 11.0 Å². The predicted octanol–water partition coefficient (Wildman–Crippen LogP) is 4.32. The van der Waals surface area contributed by atoms with Crippen LogP contribution < -0.4 is 5.32 Å². The van der Waals surface area contributed by atoms with Crippen molar-refractivity contribution in [3.05, 3.63) is 29.6 Å². The van der Waals surface area contributed by atoms with Crippen LogP contribution in [0.3, 0.4) is 0 Å². The topological polar surface area (TPSA) is 35.8 Å². The van der Waals surface area contributed by atoms with Gasteiger partial charge in [0, 0.05) is 11.7 Å². The zero-order valence-electron chi connectivity index (χ0n) is 12.3. The van der Waals surface area contributed by atoms with Crippen molar-refractivity contribution in [2.45, 2.75) is 46.1 Å². The van der Waals surface area contributed by atoms with E-state index in [4.69, 9.17) is 5.26 Å². The van der Waals surface area contributed by atoms with Crippen molar-refractivity contribution in [1.29, 1.82) is 5.26 Å². The molecule has 0 aliphatic heterocycles. The molecule has 2 saturated carbocycles. The number of nitriles is 1. The van der Waals surface area contributed by atoms with Crippen LogP contribution in [0.25, 0.3) is 0 Å². The van der Waals surface area contributed by atoms with Gasteiger partial charge in [-0.25, -0.2) is 4.39 Å². The second kappa shape index (κ2) is 4.22.